The number of para-hydroxylation sites is 1. The maximum absolute atomic E-state index is 11.7. The zero-order valence-corrected chi connectivity index (χ0v) is 10.5. The second-order valence-electron chi connectivity index (χ2n) is 3.98. The van der Waals surface area contributed by atoms with Crippen molar-refractivity contribution in [3.63, 3.8) is 0 Å². The molecule has 3 N–H and O–H groups in total. The molecule has 0 saturated carbocycles. The molecule has 0 spiro atoms. The van der Waals surface area contributed by atoms with Crippen LogP contribution in [0.2, 0.25) is 0 Å². The van der Waals surface area contributed by atoms with Crippen molar-refractivity contribution in [2.45, 2.75) is 19.3 Å². The Morgan fingerprint density at radius 1 is 1.28 bits per heavy atom. The third-order valence-corrected chi connectivity index (χ3v) is 2.57. The van der Waals surface area contributed by atoms with Crippen molar-refractivity contribution in [2.24, 2.45) is 0 Å². The van der Waals surface area contributed by atoms with Crippen LogP contribution in [0, 0.1) is 0 Å². The van der Waals surface area contributed by atoms with Gasteiger partial charge in [0.1, 0.15) is 0 Å². The van der Waals surface area contributed by atoms with Gasteiger partial charge in [0, 0.05) is 20.3 Å². The summed E-state index contributed by atoms with van der Waals surface area (Å²) in [6, 6.07) is 4.31. The van der Waals surface area contributed by atoms with Gasteiger partial charge >= 0.3 is 0 Å². The number of ether oxygens (including phenoxy) is 1. The highest BCUT2D eigenvalue weighted by molar-refractivity contribution is 5.97. The molecule has 100 valence electrons. The van der Waals surface area contributed by atoms with E-state index in [1.807, 2.05) is 0 Å². The Bertz CT molecular complexity index is 393. The third-order valence-electron chi connectivity index (χ3n) is 2.57. The third kappa shape index (κ3) is 4.25. The van der Waals surface area contributed by atoms with E-state index in [9.17, 15) is 15.0 Å². The average Bonchev–Trinajstić information content (AvgIpc) is 2.36. The fourth-order valence-electron chi connectivity index (χ4n) is 1.56. The van der Waals surface area contributed by atoms with Crippen LogP contribution < -0.4 is 5.32 Å². The minimum atomic E-state index is -0.380. The molecule has 0 aromatic heterocycles. The van der Waals surface area contributed by atoms with Gasteiger partial charge in [0.2, 0.25) is 0 Å². The number of carbonyl (C=O) groups is 1. The Labute approximate surface area is 106 Å². The molecule has 0 unspecified atom stereocenters. The molecular formula is C13H19NO4. The summed E-state index contributed by atoms with van der Waals surface area (Å²) < 4.78 is 4.92. The van der Waals surface area contributed by atoms with Gasteiger partial charge in [0.25, 0.3) is 5.91 Å². The minimum absolute atomic E-state index is 0.0897. The van der Waals surface area contributed by atoms with Crippen molar-refractivity contribution in [2.75, 3.05) is 20.3 Å². The van der Waals surface area contributed by atoms with Crippen LogP contribution in [-0.4, -0.2) is 36.4 Å². The standard InChI is InChI=1S/C13H19NO4/c1-18-9-4-2-3-8-14-13(17)10-6-5-7-11(15)12(10)16/h5-7,15-16H,2-4,8-9H2,1H3,(H,14,17). The Morgan fingerprint density at radius 2 is 2.06 bits per heavy atom. The molecule has 0 bridgehead atoms. The van der Waals surface area contributed by atoms with Gasteiger partial charge in [0.15, 0.2) is 11.5 Å². The van der Waals surface area contributed by atoms with E-state index in [0.717, 1.165) is 25.9 Å². The molecular weight excluding hydrogens is 234 g/mol. The molecule has 0 heterocycles. The van der Waals surface area contributed by atoms with Crippen LogP contribution in [0.5, 0.6) is 11.5 Å². The predicted molar refractivity (Wildman–Crippen MR) is 67.8 cm³/mol. The SMILES string of the molecule is COCCCCCNC(=O)c1cccc(O)c1O. The van der Waals surface area contributed by atoms with Crippen molar-refractivity contribution in [1.82, 2.24) is 5.32 Å². The number of phenolic OH excluding ortho intramolecular Hbond substituents is 2. The summed E-state index contributed by atoms with van der Waals surface area (Å²) in [6.45, 7) is 1.26. The van der Waals surface area contributed by atoms with E-state index in [1.54, 1.807) is 7.11 Å². The quantitative estimate of drug-likeness (QED) is 0.510. The number of unbranched alkanes of at least 4 members (excludes halogenated alkanes) is 2. The lowest BCUT2D eigenvalue weighted by molar-refractivity contribution is 0.0949. The fraction of sp³-hybridized carbons (Fsp3) is 0.462. The number of benzene rings is 1. The molecule has 0 radical (unpaired) electrons. The first-order chi connectivity index (χ1) is 8.66. The van der Waals surface area contributed by atoms with Gasteiger partial charge in [-0.25, -0.2) is 0 Å². The molecule has 1 rings (SSSR count). The van der Waals surface area contributed by atoms with E-state index >= 15 is 0 Å². The topological polar surface area (TPSA) is 78.8 Å². The largest absolute Gasteiger partial charge is 0.504 e. The number of phenols is 2. The van der Waals surface area contributed by atoms with Gasteiger partial charge in [0.05, 0.1) is 5.56 Å². The van der Waals surface area contributed by atoms with Gasteiger partial charge < -0.3 is 20.3 Å². The lowest BCUT2D eigenvalue weighted by atomic mass is 10.1. The zero-order valence-electron chi connectivity index (χ0n) is 10.5. The summed E-state index contributed by atoms with van der Waals surface area (Å²) >= 11 is 0. The van der Waals surface area contributed by atoms with Gasteiger partial charge in [-0.2, -0.15) is 0 Å². The molecule has 5 heteroatoms. The Kier molecular flexibility index (Phi) is 6.00. The van der Waals surface area contributed by atoms with E-state index in [-0.39, 0.29) is 23.0 Å². The van der Waals surface area contributed by atoms with Crippen molar-refractivity contribution in [3.8, 4) is 11.5 Å². The van der Waals surface area contributed by atoms with E-state index in [2.05, 4.69) is 5.32 Å². The maximum Gasteiger partial charge on any atom is 0.255 e. The highest BCUT2D eigenvalue weighted by Gasteiger charge is 2.12. The summed E-state index contributed by atoms with van der Waals surface area (Å²) in [5, 5.41) is 21.5. The van der Waals surface area contributed by atoms with Gasteiger partial charge in [-0.15, -0.1) is 0 Å². The van der Waals surface area contributed by atoms with Crippen molar-refractivity contribution < 1.29 is 19.7 Å². The number of aromatic hydroxyl groups is 2. The molecule has 1 aromatic carbocycles. The van der Waals surface area contributed by atoms with E-state index in [4.69, 9.17) is 4.74 Å². The Morgan fingerprint density at radius 3 is 2.78 bits per heavy atom. The Hall–Kier alpha value is -1.75. The predicted octanol–water partition coefficient (Wildman–Crippen LogP) is 1.64. The first-order valence-corrected chi connectivity index (χ1v) is 5.95. The second kappa shape index (κ2) is 7.55. The number of rotatable bonds is 7. The first-order valence-electron chi connectivity index (χ1n) is 5.95. The summed E-state index contributed by atoms with van der Waals surface area (Å²) in [6.07, 6.45) is 2.79. The first kappa shape index (κ1) is 14.3. The molecule has 1 aromatic rings. The molecule has 0 aliphatic heterocycles. The number of carbonyl (C=O) groups excluding carboxylic acids is 1. The number of methoxy groups -OCH3 is 1. The lowest BCUT2D eigenvalue weighted by Gasteiger charge is -2.07. The van der Waals surface area contributed by atoms with Crippen LogP contribution in [0.4, 0.5) is 0 Å². The molecule has 0 aliphatic rings. The van der Waals surface area contributed by atoms with Crippen LogP contribution in [-0.2, 0) is 4.74 Å². The summed E-state index contributed by atoms with van der Waals surface area (Å²) in [7, 11) is 1.66. The molecule has 0 atom stereocenters. The summed E-state index contributed by atoms with van der Waals surface area (Å²) in [5.41, 5.74) is 0.0897. The summed E-state index contributed by atoms with van der Waals surface area (Å²) in [4.78, 5) is 11.7. The van der Waals surface area contributed by atoms with E-state index in [1.165, 1.54) is 18.2 Å². The smallest absolute Gasteiger partial charge is 0.255 e. The minimum Gasteiger partial charge on any atom is -0.504 e. The number of hydrogen-bond acceptors (Lipinski definition) is 4. The fourth-order valence-corrected chi connectivity index (χ4v) is 1.56. The molecule has 0 fully saturated rings. The number of hydrogen-bond donors (Lipinski definition) is 3. The maximum atomic E-state index is 11.7. The van der Waals surface area contributed by atoms with Crippen LogP contribution in [0.25, 0.3) is 0 Å². The lowest BCUT2D eigenvalue weighted by Crippen LogP contribution is -2.24. The van der Waals surface area contributed by atoms with E-state index < -0.39 is 0 Å². The van der Waals surface area contributed by atoms with Crippen LogP contribution >= 0.6 is 0 Å². The Balaban J connectivity index is 2.35. The highest BCUT2D eigenvalue weighted by atomic mass is 16.5. The van der Waals surface area contributed by atoms with Crippen LogP contribution in [0.3, 0.4) is 0 Å². The van der Waals surface area contributed by atoms with E-state index in [0.29, 0.717) is 6.54 Å². The zero-order chi connectivity index (χ0) is 13.4. The van der Waals surface area contributed by atoms with Crippen molar-refractivity contribution in [1.29, 1.82) is 0 Å². The average molecular weight is 253 g/mol. The number of nitrogens with one attached hydrogen (secondary N) is 1. The normalized spacial score (nSPS) is 10.3. The molecule has 0 aliphatic carbocycles. The second-order valence-corrected chi connectivity index (χ2v) is 3.98. The molecule has 0 saturated heterocycles. The van der Waals surface area contributed by atoms with Gasteiger partial charge in [-0.05, 0) is 31.4 Å². The van der Waals surface area contributed by atoms with Crippen LogP contribution in [0.1, 0.15) is 29.6 Å². The number of amides is 1. The highest BCUT2D eigenvalue weighted by Crippen LogP contribution is 2.27. The van der Waals surface area contributed by atoms with Crippen molar-refractivity contribution >= 4 is 5.91 Å². The monoisotopic (exact) mass is 253 g/mol. The van der Waals surface area contributed by atoms with Crippen molar-refractivity contribution in [3.05, 3.63) is 23.8 Å². The molecule has 18 heavy (non-hydrogen) atoms. The molecule has 5 nitrogen and oxygen atoms in total. The van der Waals surface area contributed by atoms with Gasteiger partial charge in [-0.1, -0.05) is 6.07 Å². The molecule has 1 amide bonds. The van der Waals surface area contributed by atoms with Crippen LogP contribution in [0.15, 0.2) is 18.2 Å². The van der Waals surface area contributed by atoms with Gasteiger partial charge in [-0.3, -0.25) is 4.79 Å². The summed E-state index contributed by atoms with van der Waals surface area (Å²) in [5.74, 6) is -1.05.